The van der Waals surface area contributed by atoms with Crippen LogP contribution in [-0.2, 0) is 0 Å². The molecule has 2 rings (SSSR count). The van der Waals surface area contributed by atoms with E-state index in [1.54, 1.807) is 23.2 Å². The first-order valence-corrected chi connectivity index (χ1v) is 6.80. The Morgan fingerprint density at radius 3 is 3.16 bits per heavy atom. The number of urea groups is 1. The zero-order valence-corrected chi connectivity index (χ0v) is 11.6. The quantitative estimate of drug-likeness (QED) is 0.819. The third kappa shape index (κ3) is 3.16. The summed E-state index contributed by atoms with van der Waals surface area (Å²) in [5, 5.41) is 12.5. The molecule has 1 fully saturated rings. The van der Waals surface area contributed by atoms with Gasteiger partial charge in [0.1, 0.15) is 0 Å². The van der Waals surface area contributed by atoms with Crippen LogP contribution in [0, 0.1) is 5.92 Å². The Labute approximate surface area is 117 Å². The summed E-state index contributed by atoms with van der Waals surface area (Å²) in [5.74, 6) is 0.300. The number of aliphatic hydroxyl groups is 1. The molecule has 19 heavy (non-hydrogen) atoms. The van der Waals surface area contributed by atoms with E-state index in [-0.39, 0.29) is 23.8 Å². The largest absolute Gasteiger partial charge is 0.394 e. The first-order valence-electron chi connectivity index (χ1n) is 6.42. The van der Waals surface area contributed by atoms with E-state index in [0.717, 1.165) is 12.8 Å². The van der Waals surface area contributed by atoms with Crippen molar-refractivity contribution < 1.29 is 9.90 Å². The van der Waals surface area contributed by atoms with Crippen molar-refractivity contribution in [1.82, 2.24) is 9.88 Å². The number of amides is 2. The van der Waals surface area contributed by atoms with Gasteiger partial charge in [-0.1, -0.05) is 18.5 Å². The predicted molar refractivity (Wildman–Crippen MR) is 74.2 cm³/mol. The van der Waals surface area contributed by atoms with E-state index >= 15 is 0 Å². The number of nitrogens with zero attached hydrogens (tertiary/aromatic N) is 2. The van der Waals surface area contributed by atoms with Gasteiger partial charge in [-0.15, -0.1) is 0 Å². The Balaban J connectivity index is 2.08. The van der Waals surface area contributed by atoms with Gasteiger partial charge < -0.3 is 15.3 Å². The summed E-state index contributed by atoms with van der Waals surface area (Å²) in [5.41, 5.74) is 0.490. The van der Waals surface area contributed by atoms with Crippen LogP contribution in [0.25, 0.3) is 0 Å². The summed E-state index contributed by atoms with van der Waals surface area (Å²) in [6.07, 6.45) is 3.55. The molecule has 1 aliphatic rings. The highest BCUT2D eigenvalue weighted by molar-refractivity contribution is 6.32. The van der Waals surface area contributed by atoms with Crippen LogP contribution in [0.2, 0.25) is 5.15 Å². The molecule has 0 spiro atoms. The van der Waals surface area contributed by atoms with Crippen molar-refractivity contribution in [2.24, 2.45) is 5.92 Å². The molecule has 1 aromatic rings. The maximum Gasteiger partial charge on any atom is 0.322 e. The van der Waals surface area contributed by atoms with Gasteiger partial charge in [0.15, 0.2) is 5.15 Å². The van der Waals surface area contributed by atoms with E-state index < -0.39 is 0 Å². The molecule has 2 N–H and O–H groups in total. The minimum absolute atomic E-state index is 0.0185. The molecule has 2 unspecified atom stereocenters. The molecule has 2 heterocycles. The summed E-state index contributed by atoms with van der Waals surface area (Å²) in [4.78, 5) is 17.8. The van der Waals surface area contributed by atoms with Crippen molar-refractivity contribution in [3.63, 3.8) is 0 Å². The maximum atomic E-state index is 12.3. The SMILES string of the molecule is CC1CCCN(C(=O)Nc2cccnc2Cl)C1CO. The number of hydrogen-bond acceptors (Lipinski definition) is 3. The topological polar surface area (TPSA) is 65.5 Å². The summed E-state index contributed by atoms with van der Waals surface area (Å²) in [7, 11) is 0. The van der Waals surface area contributed by atoms with Crippen molar-refractivity contribution >= 4 is 23.3 Å². The fourth-order valence-corrected chi connectivity index (χ4v) is 2.61. The maximum absolute atomic E-state index is 12.3. The first kappa shape index (κ1) is 14.1. The average Bonchev–Trinajstić information content (AvgIpc) is 2.41. The van der Waals surface area contributed by atoms with Crippen LogP contribution in [0.5, 0.6) is 0 Å². The number of aliphatic hydroxyl groups excluding tert-OH is 1. The lowest BCUT2D eigenvalue weighted by Crippen LogP contribution is -2.51. The van der Waals surface area contributed by atoms with Crippen LogP contribution < -0.4 is 5.32 Å². The number of pyridine rings is 1. The molecule has 1 saturated heterocycles. The van der Waals surface area contributed by atoms with Gasteiger partial charge in [-0.3, -0.25) is 0 Å². The Kier molecular flexibility index (Phi) is 4.61. The number of anilines is 1. The molecule has 2 atom stereocenters. The number of likely N-dealkylation sites (tertiary alicyclic amines) is 1. The second-order valence-corrected chi connectivity index (χ2v) is 5.19. The Hall–Kier alpha value is -1.33. The molecule has 0 aliphatic carbocycles. The molecule has 2 amide bonds. The number of hydrogen-bond donors (Lipinski definition) is 2. The molecule has 0 bridgehead atoms. The van der Waals surface area contributed by atoms with Crippen molar-refractivity contribution in [2.75, 3.05) is 18.5 Å². The second kappa shape index (κ2) is 6.21. The van der Waals surface area contributed by atoms with Crippen LogP contribution in [0.4, 0.5) is 10.5 Å². The number of carbonyl (C=O) groups is 1. The summed E-state index contributed by atoms with van der Waals surface area (Å²) < 4.78 is 0. The Bertz CT molecular complexity index is 455. The Morgan fingerprint density at radius 1 is 1.68 bits per heavy atom. The molecule has 0 radical (unpaired) electrons. The minimum atomic E-state index is -0.236. The normalized spacial score (nSPS) is 23.2. The standard InChI is InChI=1S/C13H18ClN3O2/c1-9-4-3-7-17(11(9)8-18)13(19)16-10-5-2-6-15-12(10)14/h2,5-6,9,11,18H,3-4,7-8H2,1H3,(H,16,19). The summed E-state index contributed by atoms with van der Waals surface area (Å²) >= 11 is 5.91. The number of rotatable bonds is 2. The summed E-state index contributed by atoms with van der Waals surface area (Å²) in [6, 6.07) is 3.04. The minimum Gasteiger partial charge on any atom is -0.394 e. The molecular formula is C13H18ClN3O2. The number of aromatic nitrogens is 1. The zero-order valence-electron chi connectivity index (χ0n) is 10.8. The van der Waals surface area contributed by atoms with Gasteiger partial charge in [-0.2, -0.15) is 0 Å². The van der Waals surface area contributed by atoms with Crippen molar-refractivity contribution in [3.05, 3.63) is 23.5 Å². The van der Waals surface area contributed by atoms with Crippen molar-refractivity contribution in [3.8, 4) is 0 Å². The lowest BCUT2D eigenvalue weighted by molar-refractivity contribution is 0.0811. The fraction of sp³-hybridized carbons (Fsp3) is 0.538. The third-order valence-electron chi connectivity index (χ3n) is 3.56. The van der Waals surface area contributed by atoms with Gasteiger partial charge in [0, 0.05) is 12.7 Å². The first-order chi connectivity index (χ1) is 9.13. The van der Waals surface area contributed by atoms with Gasteiger partial charge >= 0.3 is 6.03 Å². The highest BCUT2D eigenvalue weighted by Crippen LogP contribution is 2.25. The van der Waals surface area contributed by atoms with E-state index in [1.807, 2.05) is 0 Å². The van der Waals surface area contributed by atoms with E-state index in [9.17, 15) is 9.90 Å². The number of piperidine rings is 1. The predicted octanol–water partition coefficient (Wildman–Crippen LogP) is 2.36. The van der Waals surface area contributed by atoms with E-state index in [1.165, 1.54) is 0 Å². The van der Waals surface area contributed by atoms with Crippen LogP contribution in [0.3, 0.4) is 0 Å². The lowest BCUT2D eigenvalue weighted by atomic mass is 9.91. The second-order valence-electron chi connectivity index (χ2n) is 4.83. The smallest absolute Gasteiger partial charge is 0.322 e. The fourth-order valence-electron chi connectivity index (χ4n) is 2.45. The van der Waals surface area contributed by atoms with E-state index in [2.05, 4.69) is 17.2 Å². The monoisotopic (exact) mass is 283 g/mol. The van der Waals surface area contributed by atoms with Gasteiger partial charge in [0.05, 0.1) is 18.3 Å². The van der Waals surface area contributed by atoms with Gasteiger partial charge in [0.25, 0.3) is 0 Å². The highest BCUT2D eigenvalue weighted by atomic mass is 35.5. The van der Waals surface area contributed by atoms with Gasteiger partial charge in [0.2, 0.25) is 0 Å². The highest BCUT2D eigenvalue weighted by Gasteiger charge is 2.31. The number of carbonyl (C=O) groups excluding carboxylic acids is 1. The molecular weight excluding hydrogens is 266 g/mol. The molecule has 0 aromatic carbocycles. The van der Waals surface area contributed by atoms with Gasteiger partial charge in [-0.25, -0.2) is 9.78 Å². The Morgan fingerprint density at radius 2 is 2.47 bits per heavy atom. The molecule has 1 aromatic heterocycles. The summed E-state index contributed by atoms with van der Waals surface area (Å²) in [6.45, 7) is 2.69. The van der Waals surface area contributed by atoms with Crippen LogP contribution in [-0.4, -0.2) is 40.2 Å². The van der Waals surface area contributed by atoms with Crippen LogP contribution >= 0.6 is 11.6 Å². The van der Waals surface area contributed by atoms with E-state index in [0.29, 0.717) is 18.2 Å². The zero-order chi connectivity index (χ0) is 13.8. The number of halogens is 1. The molecule has 6 heteroatoms. The molecule has 5 nitrogen and oxygen atoms in total. The van der Waals surface area contributed by atoms with Crippen LogP contribution in [0.1, 0.15) is 19.8 Å². The third-order valence-corrected chi connectivity index (χ3v) is 3.87. The van der Waals surface area contributed by atoms with Crippen molar-refractivity contribution in [2.45, 2.75) is 25.8 Å². The number of nitrogens with one attached hydrogen (secondary N) is 1. The van der Waals surface area contributed by atoms with Crippen molar-refractivity contribution in [1.29, 1.82) is 0 Å². The lowest BCUT2D eigenvalue weighted by Gasteiger charge is -2.38. The molecule has 104 valence electrons. The molecule has 0 saturated carbocycles. The van der Waals surface area contributed by atoms with E-state index in [4.69, 9.17) is 11.6 Å². The van der Waals surface area contributed by atoms with Crippen LogP contribution in [0.15, 0.2) is 18.3 Å². The average molecular weight is 284 g/mol. The molecule has 1 aliphatic heterocycles. The van der Waals surface area contributed by atoms with Gasteiger partial charge in [-0.05, 0) is 30.9 Å².